The summed E-state index contributed by atoms with van der Waals surface area (Å²) in [6, 6.07) is 5.24. The van der Waals surface area contributed by atoms with Gasteiger partial charge in [-0.2, -0.15) is 0 Å². The summed E-state index contributed by atoms with van der Waals surface area (Å²) in [5.74, 6) is -0.130. The average molecular weight is 278 g/mol. The van der Waals surface area contributed by atoms with E-state index >= 15 is 0 Å². The van der Waals surface area contributed by atoms with E-state index in [-0.39, 0.29) is 5.82 Å². The van der Waals surface area contributed by atoms with Crippen molar-refractivity contribution in [2.75, 3.05) is 24.5 Å². The topological polar surface area (TPSA) is 15.3 Å². The Morgan fingerprint density at radius 1 is 1.10 bits per heavy atom. The molecular weight excluding hydrogens is 251 g/mol. The van der Waals surface area contributed by atoms with Gasteiger partial charge in [-0.15, -0.1) is 0 Å². The van der Waals surface area contributed by atoms with E-state index in [1.165, 1.54) is 37.8 Å². The smallest absolute Gasteiger partial charge is 0.123 e. The van der Waals surface area contributed by atoms with E-state index in [1.807, 2.05) is 6.07 Å². The zero-order chi connectivity index (χ0) is 14.2. The van der Waals surface area contributed by atoms with E-state index in [1.54, 1.807) is 12.1 Å². The van der Waals surface area contributed by atoms with E-state index in [2.05, 4.69) is 17.1 Å². The molecule has 1 fully saturated rings. The molecule has 0 radical (unpaired) electrons. The molecule has 0 bridgehead atoms. The van der Waals surface area contributed by atoms with Crippen molar-refractivity contribution in [1.29, 1.82) is 0 Å². The van der Waals surface area contributed by atoms with Gasteiger partial charge in [-0.3, -0.25) is 0 Å². The SMILES string of the molecule is CCCNCc1cc(F)ccc1N1CCCCCCC1. The van der Waals surface area contributed by atoms with Crippen LogP contribution in [0.4, 0.5) is 10.1 Å². The molecule has 1 aromatic rings. The highest BCUT2D eigenvalue weighted by Gasteiger charge is 2.13. The van der Waals surface area contributed by atoms with Gasteiger partial charge in [-0.25, -0.2) is 4.39 Å². The van der Waals surface area contributed by atoms with E-state index in [0.29, 0.717) is 0 Å². The molecule has 1 aromatic carbocycles. The van der Waals surface area contributed by atoms with Gasteiger partial charge in [0.05, 0.1) is 0 Å². The fourth-order valence-corrected chi connectivity index (χ4v) is 2.89. The quantitative estimate of drug-likeness (QED) is 0.816. The maximum absolute atomic E-state index is 13.5. The molecule has 1 aliphatic rings. The third-order valence-electron chi connectivity index (χ3n) is 3.98. The van der Waals surface area contributed by atoms with Gasteiger partial charge < -0.3 is 10.2 Å². The van der Waals surface area contributed by atoms with E-state index in [4.69, 9.17) is 0 Å². The molecule has 0 aliphatic carbocycles. The number of nitrogens with zero attached hydrogens (tertiary/aromatic N) is 1. The van der Waals surface area contributed by atoms with Crippen molar-refractivity contribution in [2.24, 2.45) is 0 Å². The third-order valence-corrected chi connectivity index (χ3v) is 3.98. The lowest BCUT2D eigenvalue weighted by atomic mass is 10.1. The van der Waals surface area contributed by atoms with Gasteiger partial charge in [-0.05, 0) is 49.6 Å². The lowest BCUT2D eigenvalue weighted by Gasteiger charge is -2.29. The number of nitrogens with one attached hydrogen (secondary N) is 1. The fraction of sp³-hybridized carbons (Fsp3) is 0.647. The Hall–Kier alpha value is -1.09. The summed E-state index contributed by atoms with van der Waals surface area (Å²) in [7, 11) is 0. The molecule has 0 atom stereocenters. The van der Waals surface area contributed by atoms with Crippen LogP contribution in [0.1, 0.15) is 51.0 Å². The first kappa shape index (κ1) is 15.3. The van der Waals surface area contributed by atoms with Crippen LogP contribution in [0.2, 0.25) is 0 Å². The number of hydrogen-bond donors (Lipinski definition) is 1. The summed E-state index contributed by atoms with van der Waals surface area (Å²) in [5, 5.41) is 3.39. The van der Waals surface area contributed by atoms with E-state index in [0.717, 1.165) is 38.2 Å². The predicted octanol–water partition coefficient (Wildman–Crippen LogP) is 4.10. The molecule has 0 aromatic heterocycles. The normalized spacial score (nSPS) is 16.8. The standard InChI is InChI=1S/C17H27FN2/c1-2-10-19-14-15-13-16(18)8-9-17(15)20-11-6-4-3-5-7-12-20/h8-9,13,19H,2-7,10-12,14H2,1H3. The van der Waals surface area contributed by atoms with Gasteiger partial charge in [0.1, 0.15) is 5.82 Å². The molecule has 0 spiro atoms. The summed E-state index contributed by atoms with van der Waals surface area (Å²) < 4.78 is 13.5. The summed E-state index contributed by atoms with van der Waals surface area (Å²) in [6.45, 7) is 6.10. The Labute approximate surface area is 122 Å². The Bertz CT molecular complexity index is 398. The Balaban J connectivity index is 2.10. The zero-order valence-corrected chi connectivity index (χ0v) is 12.6. The van der Waals surface area contributed by atoms with Crippen molar-refractivity contribution in [3.63, 3.8) is 0 Å². The van der Waals surface area contributed by atoms with E-state index < -0.39 is 0 Å². The summed E-state index contributed by atoms with van der Waals surface area (Å²) >= 11 is 0. The first-order valence-corrected chi connectivity index (χ1v) is 8.05. The molecule has 112 valence electrons. The van der Waals surface area contributed by atoms with Gasteiger partial charge in [0, 0.05) is 25.3 Å². The number of anilines is 1. The summed E-state index contributed by atoms with van der Waals surface area (Å²) in [6.07, 6.45) is 7.61. The molecule has 3 heteroatoms. The van der Waals surface area contributed by atoms with Crippen LogP contribution in [0.15, 0.2) is 18.2 Å². The number of hydrogen-bond acceptors (Lipinski definition) is 2. The average Bonchev–Trinajstić information content (AvgIpc) is 2.40. The number of halogens is 1. The molecule has 0 amide bonds. The molecule has 1 aliphatic heterocycles. The van der Waals surface area contributed by atoms with Gasteiger partial charge in [0.15, 0.2) is 0 Å². The van der Waals surface area contributed by atoms with Crippen LogP contribution in [-0.2, 0) is 6.54 Å². The molecule has 0 saturated carbocycles. The maximum atomic E-state index is 13.5. The third kappa shape index (κ3) is 4.48. The molecule has 2 nitrogen and oxygen atoms in total. The minimum absolute atomic E-state index is 0.130. The second-order valence-electron chi connectivity index (χ2n) is 5.70. The number of benzene rings is 1. The van der Waals surface area contributed by atoms with E-state index in [9.17, 15) is 4.39 Å². The van der Waals surface area contributed by atoms with Crippen LogP contribution in [-0.4, -0.2) is 19.6 Å². The molecule has 2 rings (SSSR count). The fourth-order valence-electron chi connectivity index (χ4n) is 2.89. The number of rotatable bonds is 5. The van der Waals surface area contributed by atoms with Gasteiger partial charge in [-0.1, -0.05) is 26.2 Å². The van der Waals surface area contributed by atoms with Crippen LogP contribution < -0.4 is 10.2 Å². The maximum Gasteiger partial charge on any atom is 0.123 e. The van der Waals surface area contributed by atoms with Crippen molar-refractivity contribution in [2.45, 2.75) is 52.0 Å². The lowest BCUT2D eigenvalue weighted by molar-refractivity contribution is 0.553. The minimum Gasteiger partial charge on any atom is -0.371 e. The Morgan fingerprint density at radius 3 is 2.50 bits per heavy atom. The summed E-state index contributed by atoms with van der Waals surface area (Å²) in [4.78, 5) is 2.45. The second-order valence-corrected chi connectivity index (χ2v) is 5.70. The van der Waals surface area contributed by atoms with Crippen LogP contribution in [0.3, 0.4) is 0 Å². The van der Waals surface area contributed by atoms with Gasteiger partial charge >= 0.3 is 0 Å². The first-order valence-electron chi connectivity index (χ1n) is 8.05. The summed E-state index contributed by atoms with van der Waals surface area (Å²) in [5.41, 5.74) is 2.32. The van der Waals surface area contributed by atoms with Crippen molar-refractivity contribution < 1.29 is 4.39 Å². The van der Waals surface area contributed by atoms with Crippen molar-refractivity contribution in [3.05, 3.63) is 29.6 Å². The molecule has 20 heavy (non-hydrogen) atoms. The molecule has 1 N–H and O–H groups in total. The van der Waals surface area contributed by atoms with Crippen molar-refractivity contribution in [1.82, 2.24) is 5.32 Å². The largest absolute Gasteiger partial charge is 0.371 e. The van der Waals surface area contributed by atoms with Gasteiger partial charge in [0.25, 0.3) is 0 Å². The molecular formula is C17H27FN2. The monoisotopic (exact) mass is 278 g/mol. The highest BCUT2D eigenvalue weighted by molar-refractivity contribution is 5.54. The van der Waals surface area contributed by atoms with Gasteiger partial charge in [0.2, 0.25) is 0 Å². The van der Waals surface area contributed by atoms with Crippen LogP contribution in [0.5, 0.6) is 0 Å². The zero-order valence-electron chi connectivity index (χ0n) is 12.6. The van der Waals surface area contributed by atoms with Crippen LogP contribution in [0.25, 0.3) is 0 Å². The molecule has 0 unspecified atom stereocenters. The second kappa shape index (κ2) is 8.25. The Kier molecular flexibility index (Phi) is 6.31. The lowest BCUT2D eigenvalue weighted by Crippen LogP contribution is -2.29. The molecule has 1 heterocycles. The highest BCUT2D eigenvalue weighted by Crippen LogP contribution is 2.24. The van der Waals surface area contributed by atoms with Crippen LogP contribution in [0, 0.1) is 5.82 Å². The minimum atomic E-state index is -0.130. The highest BCUT2D eigenvalue weighted by atomic mass is 19.1. The van der Waals surface area contributed by atoms with Crippen molar-refractivity contribution in [3.8, 4) is 0 Å². The first-order chi connectivity index (χ1) is 9.81. The predicted molar refractivity (Wildman–Crippen MR) is 83.7 cm³/mol. The Morgan fingerprint density at radius 2 is 1.80 bits per heavy atom. The molecule has 1 saturated heterocycles. The van der Waals surface area contributed by atoms with Crippen molar-refractivity contribution >= 4 is 5.69 Å². The van der Waals surface area contributed by atoms with Crippen LogP contribution >= 0.6 is 0 Å².